The van der Waals surface area contributed by atoms with Crippen molar-refractivity contribution >= 4 is 23.6 Å². The molecule has 150 valence electrons. The summed E-state index contributed by atoms with van der Waals surface area (Å²) in [5.41, 5.74) is 2.35. The lowest BCUT2D eigenvalue weighted by Gasteiger charge is -2.35. The maximum atomic E-state index is 13.1. The minimum Gasteiger partial charge on any atom is -0.488 e. The van der Waals surface area contributed by atoms with E-state index >= 15 is 0 Å². The quantitative estimate of drug-likeness (QED) is 0.870. The van der Waals surface area contributed by atoms with E-state index in [4.69, 9.17) is 9.47 Å². The summed E-state index contributed by atoms with van der Waals surface area (Å²) in [6, 6.07) is 14.7. The maximum Gasteiger partial charge on any atom is 0.256 e. The number of rotatable bonds is 3. The van der Waals surface area contributed by atoms with Crippen LogP contribution in [0.15, 0.2) is 54.1 Å². The van der Waals surface area contributed by atoms with Crippen LogP contribution in [0.25, 0.3) is 6.08 Å². The number of carbonyl (C=O) groups excluding carboxylic acids is 2. The largest absolute Gasteiger partial charge is 0.488 e. The third-order valence-electron chi connectivity index (χ3n) is 5.04. The Kier molecular flexibility index (Phi) is 5.36. The van der Waals surface area contributed by atoms with Crippen LogP contribution >= 0.6 is 0 Å². The standard InChI is InChI=1S/C23H24N2O4/c1-15-12-25(13-16(2)29-15)23(27)19-8-4-5-9-20(19)24-22(26)18-11-17-7-3-6-10-21(17)28-14-18/h3-11,15-16H,12-14H2,1-2H3,(H,24,26)/t15-,16-/m1/s1. The molecule has 0 unspecified atom stereocenters. The minimum absolute atomic E-state index is 0.0194. The van der Waals surface area contributed by atoms with E-state index in [1.165, 1.54) is 0 Å². The monoisotopic (exact) mass is 392 g/mol. The summed E-state index contributed by atoms with van der Waals surface area (Å²) in [7, 11) is 0. The van der Waals surface area contributed by atoms with Crippen LogP contribution in [0.3, 0.4) is 0 Å². The molecular weight excluding hydrogens is 368 g/mol. The number of fused-ring (bicyclic) bond motifs is 1. The number of nitrogens with zero attached hydrogens (tertiary/aromatic N) is 1. The second-order valence-electron chi connectivity index (χ2n) is 7.46. The van der Waals surface area contributed by atoms with Gasteiger partial charge in [0.25, 0.3) is 11.8 Å². The van der Waals surface area contributed by atoms with Crippen molar-refractivity contribution in [3.05, 3.63) is 65.2 Å². The number of ether oxygens (including phenoxy) is 2. The number of nitrogens with one attached hydrogen (secondary N) is 1. The summed E-state index contributed by atoms with van der Waals surface area (Å²) in [6.45, 7) is 5.16. The number of benzene rings is 2. The van der Waals surface area contributed by atoms with Crippen molar-refractivity contribution < 1.29 is 19.1 Å². The first-order chi connectivity index (χ1) is 14.0. The zero-order valence-electron chi connectivity index (χ0n) is 16.6. The minimum atomic E-state index is -0.275. The number of hydrogen-bond donors (Lipinski definition) is 1. The van der Waals surface area contributed by atoms with Crippen molar-refractivity contribution in [2.45, 2.75) is 26.1 Å². The van der Waals surface area contributed by atoms with Crippen LogP contribution in [-0.4, -0.2) is 48.6 Å². The van der Waals surface area contributed by atoms with Crippen LogP contribution in [0.2, 0.25) is 0 Å². The number of carbonyl (C=O) groups is 2. The van der Waals surface area contributed by atoms with E-state index in [0.717, 1.165) is 11.3 Å². The topological polar surface area (TPSA) is 67.9 Å². The molecule has 2 heterocycles. The number of hydrogen-bond acceptors (Lipinski definition) is 4. The van der Waals surface area contributed by atoms with E-state index in [0.29, 0.717) is 29.9 Å². The first-order valence-corrected chi connectivity index (χ1v) is 9.79. The van der Waals surface area contributed by atoms with Crippen molar-refractivity contribution in [3.63, 3.8) is 0 Å². The van der Waals surface area contributed by atoms with Gasteiger partial charge in [-0.15, -0.1) is 0 Å². The van der Waals surface area contributed by atoms with Gasteiger partial charge >= 0.3 is 0 Å². The Morgan fingerprint density at radius 1 is 1.00 bits per heavy atom. The van der Waals surface area contributed by atoms with Crippen molar-refractivity contribution in [2.75, 3.05) is 25.0 Å². The third kappa shape index (κ3) is 4.17. The fourth-order valence-electron chi connectivity index (χ4n) is 3.74. The normalized spacial score (nSPS) is 20.9. The van der Waals surface area contributed by atoms with E-state index in [1.54, 1.807) is 29.2 Å². The van der Waals surface area contributed by atoms with Gasteiger partial charge in [0.2, 0.25) is 0 Å². The van der Waals surface area contributed by atoms with Crippen LogP contribution in [0.1, 0.15) is 29.8 Å². The molecule has 2 amide bonds. The highest BCUT2D eigenvalue weighted by atomic mass is 16.5. The number of morpholine rings is 1. The van der Waals surface area contributed by atoms with Crippen molar-refractivity contribution in [3.8, 4) is 5.75 Å². The Morgan fingerprint density at radius 3 is 2.48 bits per heavy atom. The average molecular weight is 392 g/mol. The summed E-state index contributed by atoms with van der Waals surface area (Å²) < 4.78 is 11.4. The lowest BCUT2D eigenvalue weighted by Crippen LogP contribution is -2.48. The van der Waals surface area contributed by atoms with Gasteiger partial charge < -0.3 is 19.7 Å². The molecule has 0 aliphatic carbocycles. The zero-order chi connectivity index (χ0) is 20.4. The van der Waals surface area contributed by atoms with E-state index < -0.39 is 0 Å². The van der Waals surface area contributed by atoms with Gasteiger partial charge in [0.1, 0.15) is 12.4 Å². The summed E-state index contributed by atoms with van der Waals surface area (Å²) in [4.78, 5) is 27.7. The summed E-state index contributed by atoms with van der Waals surface area (Å²) in [5.74, 6) is 0.376. The molecule has 0 bridgehead atoms. The zero-order valence-corrected chi connectivity index (χ0v) is 16.6. The van der Waals surface area contributed by atoms with Crippen molar-refractivity contribution in [1.29, 1.82) is 0 Å². The lowest BCUT2D eigenvalue weighted by atomic mass is 10.1. The second-order valence-corrected chi connectivity index (χ2v) is 7.46. The van der Waals surface area contributed by atoms with Crippen LogP contribution in [-0.2, 0) is 9.53 Å². The molecule has 2 aliphatic rings. The predicted octanol–water partition coefficient (Wildman–Crippen LogP) is 3.35. The molecule has 2 aliphatic heterocycles. The molecule has 2 aromatic carbocycles. The Bertz CT molecular complexity index is 959. The highest BCUT2D eigenvalue weighted by molar-refractivity contribution is 6.11. The Labute approximate surface area is 170 Å². The molecule has 0 spiro atoms. The molecule has 6 nitrogen and oxygen atoms in total. The predicted molar refractivity (Wildman–Crippen MR) is 111 cm³/mol. The highest BCUT2D eigenvalue weighted by Gasteiger charge is 2.28. The SMILES string of the molecule is C[C@@H]1CN(C(=O)c2ccccc2NC(=O)C2=Cc3ccccc3OC2)C[C@@H](C)O1. The number of para-hydroxylation sites is 2. The van der Waals surface area contributed by atoms with Gasteiger partial charge in [-0.3, -0.25) is 9.59 Å². The van der Waals surface area contributed by atoms with Gasteiger partial charge in [0.05, 0.1) is 29.0 Å². The summed E-state index contributed by atoms with van der Waals surface area (Å²) in [6.07, 6.45) is 1.78. The van der Waals surface area contributed by atoms with Crippen LogP contribution < -0.4 is 10.1 Å². The maximum absolute atomic E-state index is 13.1. The first-order valence-electron chi connectivity index (χ1n) is 9.79. The molecule has 2 aromatic rings. The Hall–Kier alpha value is -3.12. The number of amides is 2. The van der Waals surface area contributed by atoms with Crippen LogP contribution in [0, 0.1) is 0 Å². The summed E-state index contributed by atoms with van der Waals surface area (Å²) >= 11 is 0. The fraction of sp³-hybridized carbons (Fsp3) is 0.304. The lowest BCUT2D eigenvalue weighted by molar-refractivity contribution is -0.113. The van der Waals surface area contributed by atoms with Crippen molar-refractivity contribution in [2.24, 2.45) is 0 Å². The van der Waals surface area contributed by atoms with E-state index in [2.05, 4.69) is 5.32 Å². The Balaban J connectivity index is 1.54. The molecule has 0 saturated carbocycles. The van der Waals surface area contributed by atoms with Gasteiger partial charge in [-0.05, 0) is 38.1 Å². The summed E-state index contributed by atoms with van der Waals surface area (Å²) in [5, 5.41) is 2.89. The van der Waals surface area contributed by atoms with Gasteiger partial charge in [0, 0.05) is 18.7 Å². The molecule has 29 heavy (non-hydrogen) atoms. The molecule has 2 atom stereocenters. The number of anilines is 1. The van der Waals surface area contributed by atoms with Gasteiger partial charge in [0.15, 0.2) is 0 Å². The molecule has 1 saturated heterocycles. The smallest absolute Gasteiger partial charge is 0.256 e. The van der Waals surface area contributed by atoms with E-state index in [9.17, 15) is 9.59 Å². The van der Waals surface area contributed by atoms with Gasteiger partial charge in [-0.1, -0.05) is 30.3 Å². The molecule has 0 aromatic heterocycles. The van der Waals surface area contributed by atoms with Gasteiger partial charge in [-0.25, -0.2) is 0 Å². The first kappa shape index (κ1) is 19.2. The molecule has 1 fully saturated rings. The van der Waals surface area contributed by atoms with Gasteiger partial charge in [-0.2, -0.15) is 0 Å². The van der Waals surface area contributed by atoms with E-state index in [-0.39, 0.29) is 30.6 Å². The third-order valence-corrected chi connectivity index (χ3v) is 5.04. The molecule has 0 radical (unpaired) electrons. The average Bonchev–Trinajstić information content (AvgIpc) is 2.72. The second kappa shape index (κ2) is 8.09. The van der Waals surface area contributed by atoms with Crippen molar-refractivity contribution in [1.82, 2.24) is 4.90 Å². The van der Waals surface area contributed by atoms with E-state index in [1.807, 2.05) is 44.2 Å². The molecule has 1 N–H and O–H groups in total. The fourth-order valence-corrected chi connectivity index (χ4v) is 3.74. The molecule has 6 heteroatoms. The van der Waals surface area contributed by atoms with Crippen LogP contribution in [0.5, 0.6) is 5.75 Å². The highest BCUT2D eigenvalue weighted by Crippen LogP contribution is 2.27. The van der Waals surface area contributed by atoms with Crippen LogP contribution in [0.4, 0.5) is 5.69 Å². The molecular formula is C23H24N2O4. The Morgan fingerprint density at radius 2 is 1.69 bits per heavy atom. The molecule has 4 rings (SSSR count).